The van der Waals surface area contributed by atoms with Gasteiger partial charge in [0.05, 0.1) is 6.21 Å². The number of fused-ring (bicyclic) bond motifs is 1. The predicted octanol–water partition coefficient (Wildman–Crippen LogP) is 1.47. The first-order chi connectivity index (χ1) is 9.83. The van der Waals surface area contributed by atoms with Gasteiger partial charge in [-0.2, -0.15) is 9.61 Å². The molecule has 2 aromatic heterocycles. The molecule has 3 rings (SSSR count). The molecule has 9 heteroatoms. The maximum Gasteiger partial charge on any atom is 0.235 e. The number of oxime groups is 2. The van der Waals surface area contributed by atoms with Crippen molar-refractivity contribution < 1.29 is 10.4 Å². The molecule has 0 aliphatic carbocycles. The lowest BCUT2D eigenvalue weighted by Gasteiger charge is -1.99. The van der Waals surface area contributed by atoms with Gasteiger partial charge < -0.3 is 10.4 Å². The van der Waals surface area contributed by atoms with Crippen molar-refractivity contribution >= 4 is 28.7 Å². The number of aromatic nitrogens is 4. The van der Waals surface area contributed by atoms with Crippen LogP contribution in [-0.4, -0.2) is 42.7 Å². The van der Waals surface area contributed by atoms with E-state index in [1.165, 1.54) is 22.1 Å². The Labute approximate surface area is 116 Å². The Kier molecular flexibility index (Phi) is 3.09. The van der Waals surface area contributed by atoms with Crippen LogP contribution in [0.1, 0.15) is 11.4 Å². The van der Waals surface area contributed by atoms with Gasteiger partial charge in [0.25, 0.3) is 0 Å². The van der Waals surface area contributed by atoms with Crippen LogP contribution in [0.2, 0.25) is 0 Å². The van der Waals surface area contributed by atoms with Crippen molar-refractivity contribution in [2.75, 3.05) is 0 Å². The molecule has 0 saturated carbocycles. The van der Waals surface area contributed by atoms with E-state index in [1.807, 2.05) is 24.3 Å². The summed E-state index contributed by atoms with van der Waals surface area (Å²) in [7, 11) is 0. The number of hydrogen-bond acceptors (Lipinski definition) is 8. The summed E-state index contributed by atoms with van der Waals surface area (Å²) in [5.41, 5.74) is 1.55. The molecule has 1 aromatic carbocycles. The second-order valence-electron chi connectivity index (χ2n) is 3.74. The highest BCUT2D eigenvalue weighted by Crippen LogP contribution is 2.27. The van der Waals surface area contributed by atoms with Gasteiger partial charge in [0.2, 0.25) is 10.8 Å². The van der Waals surface area contributed by atoms with E-state index in [4.69, 9.17) is 10.4 Å². The first-order valence-corrected chi connectivity index (χ1v) is 6.31. The maximum absolute atomic E-state index is 8.68. The zero-order valence-corrected chi connectivity index (χ0v) is 10.8. The monoisotopic (exact) mass is 288 g/mol. The van der Waals surface area contributed by atoms with Crippen molar-refractivity contribution in [3.05, 3.63) is 35.7 Å². The van der Waals surface area contributed by atoms with Gasteiger partial charge in [-0.25, -0.2) is 0 Å². The van der Waals surface area contributed by atoms with Crippen LogP contribution >= 0.6 is 11.3 Å². The molecule has 0 atom stereocenters. The van der Waals surface area contributed by atoms with Crippen molar-refractivity contribution in [1.82, 2.24) is 19.8 Å². The third-order valence-corrected chi connectivity index (χ3v) is 3.51. The van der Waals surface area contributed by atoms with Crippen LogP contribution in [0.4, 0.5) is 0 Å². The number of hydrogen-bond donors (Lipinski definition) is 2. The Bertz CT molecular complexity index is 806. The third-order valence-electron chi connectivity index (χ3n) is 2.58. The minimum atomic E-state index is 0.332. The Morgan fingerprint density at radius 1 is 1.10 bits per heavy atom. The average Bonchev–Trinajstić information content (AvgIpc) is 3.02. The summed E-state index contributed by atoms with van der Waals surface area (Å²) >= 11 is 1.33. The fourth-order valence-corrected chi connectivity index (χ4v) is 2.63. The van der Waals surface area contributed by atoms with Crippen molar-refractivity contribution in [3.63, 3.8) is 0 Å². The summed E-state index contributed by atoms with van der Waals surface area (Å²) in [6.45, 7) is 0. The fraction of sp³-hybridized carbons (Fsp3) is 0. The molecule has 0 radical (unpaired) electrons. The van der Waals surface area contributed by atoms with E-state index in [0.717, 1.165) is 17.3 Å². The lowest BCUT2D eigenvalue weighted by Crippen LogP contribution is -1.95. The van der Waals surface area contributed by atoms with Crippen LogP contribution in [0, 0.1) is 0 Å². The molecule has 0 unspecified atom stereocenters. The molecule has 100 valence electrons. The van der Waals surface area contributed by atoms with Gasteiger partial charge >= 0.3 is 0 Å². The molecular formula is C11H8N6O2S. The van der Waals surface area contributed by atoms with Crippen molar-refractivity contribution in [2.45, 2.75) is 0 Å². The van der Waals surface area contributed by atoms with Crippen LogP contribution in [0.3, 0.4) is 0 Å². The van der Waals surface area contributed by atoms with Gasteiger partial charge in [0, 0.05) is 11.1 Å². The van der Waals surface area contributed by atoms with Crippen LogP contribution in [0.5, 0.6) is 0 Å². The van der Waals surface area contributed by atoms with Gasteiger partial charge in [0.15, 0.2) is 0 Å². The van der Waals surface area contributed by atoms with Crippen LogP contribution in [0.15, 0.2) is 34.6 Å². The molecule has 0 saturated heterocycles. The van der Waals surface area contributed by atoms with Crippen molar-refractivity contribution in [3.8, 4) is 10.6 Å². The molecule has 0 amide bonds. The highest BCUT2D eigenvalue weighted by atomic mass is 32.1. The van der Waals surface area contributed by atoms with Gasteiger partial charge in [-0.05, 0) is 0 Å². The Balaban J connectivity index is 2.15. The first kappa shape index (κ1) is 12.2. The lowest BCUT2D eigenvalue weighted by atomic mass is 10.1. The summed E-state index contributed by atoms with van der Waals surface area (Å²) in [5.74, 6) is 0.332. The summed E-state index contributed by atoms with van der Waals surface area (Å²) in [6.07, 6.45) is 2.50. The largest absolute Gasteiger partial charge is 0.411 e. The van der Waals surface area contributed by atoms with Crippen LogP contribution in [-0.2, 0) is 0 Å². The summed E-state index contributed by atoms with van der Waals surface area (Å²) in [6, 6.07) is 7.38. The highest BCUT2D eigenvalue weighted by Gasteiger charge is 2.13. The molecule has 0 fully saturated rings. The standard InChI is InChI=1S/C11H8N6O2S/c18-12-5-7-3-1-2-4-8(7)10-16-17-9(6-13-19)14-15-11(17)20-10/h1-6,18-19H/b12-5+,13-6+. The minimum absolute atomic E-state index is 0.332. The van der Waals surface area contributed by atoms with Crippen molar-refractivity contribution in [2.24, 2.45) is 10.3 Å². The summed E-state index contributed by atoms with van der Waals surface area (Å²) in [5, 5.41) is 36.0. The van der Waals surface area contributed by atoms with E-state index in [9.17, 15) is 0 Å². The molecule has 8 nitrogen and oxygen atoms in total. The van der Waals surface area contributed by atoms with Crippen molar-refractivity contribution in [1.29, 1.82) is 0 Å². The molecule has 0 spiro atoms. The highest BCUT2D eigenvalue weighted by molar-refractivity contribution is 7.19. The second-order valence-corrected chi connectivity index (χ2v) is 4.69. The number of rotatable bonds is 3. The van der Waals surface area contributed by atoms with E-state index < -0.39 is 0 Å². The zero-order chi connectivity index (χ0) is 13.9. The predicted molar refractivity (Wildman–Crippen MR) is 72.9 cm³/mol. The smallest absolute Gasteiger partial charge is 0.235 e. The number of nitrogens with zero attached hydrogens (tertiary/aromatic N) is 6. The first-order valence-electron chi connectivity index (χ1n) is 5.50. The topological polar surface area (TPSA) is 108 Å². The molecule has 0 bridgehead atoms. The summed E-state index contributed by atoms with van der Waals surface area (Å²) in [4.78, 5) is 0.575. The van der Waals surface area contributed by atoms with Gasteiger partial charge in [-0.3, -0.25) is 0 Å². The van der Waals surface area contributed by atoms with E-state index in [-0.39, 0.29) is 0 Å². The normalized spacial score (nSPS) is 12.0. The van der Waals surface area contributed by atoms with Gasteiger partial charge in [-0.1, -0.05) is 45.9 Å². The molecular weight excluding hydrogens is 280 g/mol. The van der Waals surface area contributed by atoms with Gasteiger partial charge in [0.1, 0.15) is 11.2 Å². The maximum atomic E-state index is 8.68. The average molecular weight is 288 g/mol. The lowest BCUT2D eigenvalue weighted by molar-refractivity contribution is 0.321. The molecule has 0 aliphatic rings. The quantitative estimate of drug-likeness (QED) is 0.431. The van der Waals surface area contributed by atoms with E-state index >= 15 is 0 Å². The Morgan fingerprint density at radius 2 is 1.90 bits per heavy atom. The molecule has 2 N–H and O–H groups in total. The molecule has 3 aromatic rings. The number of benzene rings is 1. The summed E-state index contributed by atoms with van der Waals surface area (Å²) < 4.78 is 1.48. The molecule has 0 aliphatic heterocycles. The second kappa shape index (κ2) is 5.05. The molecule has 20 heavy (non-hydrogen) atoms. The minimum Gasteiger partial charge on any atom is -0.411 e. The molecule has 2 heterocycles. The Hall–Kier alpha value is -2.81. The van der Waals surface area contributed by atoms with Gasteiger partial charge in [-0.15, -0.1) is 10.2 Å². The van der Waals surface area contributed by atoms with E-state index in [1.54, 1.807) is 0 Å². The third kappa shape index (κ3) is 1.99. The zero-order valence-electron chi connectivity index (χ0n) is 9.95. The van der Waals surface area contributed by atoms with E-state index in [0.29, 0.717) is 15.8 Å². The van der Waals surface area contributed by atoms with Crippen LogP contribution < -0.4 is 0 Å². The van der Waals surface area contributed by atoms with Crippen LogP contribution in [0.25, 0.3) is 15.5 Å². The van der Waals surface area contributed by atoms with E-state index in [2.05, 4.69) is 25.6 Å². The Morgan fingerprint density at radius 3 is 2.70 bits per heavy atom. The SMILES string of the molecule is O/N=C/c1ccccc1-c1nn2c(/C=N/O)nnc2s1. The fourth-order valence-electron chi connectivity index (χ4n) is 1.74.